The van der Waals surface area contributed by atoms with Gasteiger partial charge in [-0.05, 0) is 32.9 Å². The lowest BCUT2D eigenvalue weighted by Gasteiger charge is -2.28. The van der Waals surface area contributed by atoms with E-state index in [1.165, 1.54) is 0 Å². The van der Waals surface area contributed by atoms with Gasteiger partial charge in [-0.25, -0.2) is 4.98 Å². The first-order chi connectivity index (χ1) is 9.92. The van der Waals surface area contributed by atoms with Gasteiger partial charge in [-0.3, -0.25) is 9.36 Å². The van der Waals surface area contributed by atoms with Gasteiger partial charge in [0, 0.05) is 18.8 Å². The molecule has 112 valence electrons. The van der Waals surface area contributed by atoms with Crippen molar-refractivity contribution in [3.05, 3.63) is 48.5 Å². The molecule has 1 N–H and O–H groups in total. The minimum atomic E-state index is -0.927. The van der Waals surface area contributed by atoms with Gasteiger partial charge >= 0.3 is 0 Å². The van der Waals surface area contributed by atoms with Crippen molar-refractivity contribution in [3.63, 3.8) is 0 Å². The summed E-state index contributed by atoms with van der Waals surface area (Å²) < 4.78 is 1.76. The van der Waals surface area contributed by atoms with E-state index in [9.17, 15) is 9.90 Å². The highest BCUT2D eigenvalue weighted by Gasteiger charge is 2.24. The highest BCUT2D eigenvalue weighted by molar-refractivity contribution is 5.93. The van der Waals surface area contributed by atoms with Gasteiger partial charge < -0.3 is 10.0 Å². The van der Waals surface area contributed by atoms with E-state index < -0.39 is 5.60 Å². The third kappa shape index (κ3) is 3.70. The average molecular weight is 287 g/mol. The fourth-order valence-electron chi connectivity index (χ4n) is 2.20. The van der Waals surface area contributed by atoms with Crippen LogP contribution in [-0.4, -0.2) is 44.2 Å². The monoisotopic (exact) mass is 287 g/mol. The zero-order valence-electron chi connectivity index (χ0n) is 12.7. The highest BCUT2D eigenvalue weighted by Crippen LogP contribution is 2.14. The first kappa shape index (κ1) is 15.3. The number of carbonyl (C=O) groups excluding carboxylic acids is 1. The van der Waals surface area contributed by atoms with E-state index in [1.54, 1.807) is 35.8 Å². The lowest BCUT2D eigenvalue weighted by atomic mass is 10.1. The van der Waals surface area contributed by atoms with Crippen molar-refractivity contribution in [2.75, 3.05) is 13.1 Å². The molecule has 0 atom stereocenters. The predicted octanol–water partition coefficient (Wildman–Crippen LogP) is 2.11. The van der Waals surface area contributed by atoms with Crippen molar-refractivity contribution < 1.29 is 9.90 Å². The van der Waals surface area contributed by atoms with Crippen LogP contribution in [0.3, 0.4) is 0 Å². The molecule has 0 spiro atoms. The van der Waals surface area contributed by atoms with E-state index in [0.29, 0.717) is 12.2 Å². The first-order valence-corrected chi connectivity index (χ1v) is 7.02. The normalized spacial score (nSPS) is 11.4. The third-order valence-corrected chi connectivity index (χ3v) is 3.14. The summed E-state index contributed by atoms with van der Waals surface area (Å²) in [5.41, 5.74) is 0.452. The molecule has 1 amide bonds. The predicted molar refractivity (Wildman–Crippen MR) is 81.4 cm³/mol. The fourth-order valence-corrected chi connectivity index (χ4v) is 2.20. The molecule has 0 radical (unpaired) electrons. The Morgan fingerprint density at radius 1 is 1.33 bits per heavy atom. The number of hydrogen-bond donors (Lipinski definition) is 1. The number of hydrogen-bond acceptors (Lipinski definition) is 3. The molecule has 5 heteroatoms. The largest absolute Gasteiger partial charge is 0.389 e. The van der Waals surface area contributed by atoms with Crippen LogP contribution in [0.5, 0.6) is 0 Å². The van der Waals surface area contributed by atoms with Gasteiger partial charge in [0.1, 0.15) is 5.69 Å². The molecule has 1 aromatic carbocycles. The van der Waals surface area contributed by atoms with Crippen molar-refractivity contribution in [1.82, 2.24) is 14.5 Å². The molecule has 1 heterocycles. The summed E-state index contributed by atoms with van der Waals surface area (Å²) in [7, 11) is 0. The maximum Gasteiger partial charge on any atom is 0.272 e. The van der Waals surface area contributed by atoms with Crippen LogP contribution < -0.4 is 0 Å². The second kappa shape index (κ2) is 6.10. The summed E-state index contributed by atoms with van der Waals surface area (Å²) in [4.78, 5) is 18.4. The van der Waals surface area contributed by atoms with Gasteiger partial charge in [-0.2, -0.15) is 0 Å². The van der Waals surface area contributed by atoms with E-state index in [1.807, 2.05) is 37.3 Å². The Hall–Kier alpha value is -2.14. The molecule has 2 rings (SSSR count). The second-order valence-electron chi connectivity index (χ2n) is 5.62. The molecule has 1 aromatic heterocycles. The van der Waals surface area contributed by atoms with Crippen LogP contribution >= 0.6 is 0 Å². The summed E-state index contributed by atoms with van der Waals surface area (Å²) in [5.74, 6) is -0.138. The summed E-state index contributed by atoms with van der Waals surface area (Å²) in [5, 5.41) is 9.94. The van der Waals surface area contributed by atoms with Gasteiger partial charge in [-0.1, -0.05) is 18.2 Å². The molecule has 0 aliphatic carbocycles. The Bertz CT molecular complexity index is 599. The molecular weight excluding hydrogens is 266 g/mol. The molecule has 0 bridgehead atoms. The minimum Gasteiger partial charge on any atom is -0.389 e. The quantitative estimate of drug-likeness (QED) is 0.916. The van der Waals surface area contributed by atoms with Crippen LogP contribution in [0.15, 0.2) is 42.9 Å². The lowest BCUT2D eigenvalue weighted by Crippen LogP contribution is -2.42. The first-order valence-electron chi connectivity index (χ1n) is 7.02. The Kier molecular flexibility index (Phi) is 4.43. The molecular formula is C16H21N3O2. The van der Waals surface area contributed by atoms with Crippen molar-refractivity contribution in [2.24, 2.45) is 0 Å². The molecule has 0 saturated heterocycles. The second-order valence-corrected chi connectivity index (χ2v) is 5.62. The van der Waals surface area contributed by atoms with E-state index in [4.69, 9.17) is 0 Å². The van der Waals surface area contributed by atoms with Gasteiger partial charge in [0.25, 0.3) is 5.91 Å². The molecule has 21 heavy (non-hydrogen) atoms. The van der Waals surface area contributed by atoms with Crippen molar-refractivity contribution in [3.8, 4) is 5.69 Å². The van der Waals surface area contributed by atoms with E-state index in [0.717, 1.165) is 5.69 Å². The number of amides is 1. The Morgan fingerprint density at radius 3 is 2.57 bits per heavy atom. The number of rotatable bonds is 5. The summed E-state index contributed by atoms with van der Waals surface area (Å²) in [6, 6.07) is 9.60. The summed E-state index contributed by atoms with van der Waals surface area (Å²) >= 11 is 0. The van der Waals surface area contributed by atoms with Crippen LogP contribution in [0.1, 0.15) is 31.3 Å². The molecule has 0 fully saturated rings. The number of para-hydroxylation sites is 1. The SMILES string of the molecule is CCN(CC(C)(C)O)C(=O)c1cncn1-c1ccccc1. The van der Waals surface area contributed by atoms with Crippen LogP contribution in [0.2, 0.25) is 0 Å². The number of aromatic nitrogens is 2. The topological polar surface area (TPSA) is 58.4 Å². The number of imidazole rings is 1. The van der Waals surface area contributed by atoms with Crippen LogP contribution in [0.4, 0.5) is 0 Å². The zero-order chi connectivity index (χ0) is 15.5. The number of likely N-dealkylation sites (N-methyl/N-ethyl adjacent to an activating group) is 1. The van der Waals surface area contributed by atoms with Crippen LogP contribution in [0, 0.1) is 0 Å². The molecule has 0 aliphatic rings. The maximum absolute atomic E-state index is 12.7. The van der Waals surface area contributed by atoms with Gasteiger partial charge in [0.2, 0.25) is 0 Å². The Balaban J connectivity index is 2.30. The highest BCUT2D eigenvalue weighted by atomic mass is 16.3. The standard InChI is InChI=1S/C16H21N3O2/c1-4-18(11-16(2,3)21)15(20)14-10-17-12-19(14)13-8-6-5-7-9-13/h5-10,12,21H,4,11H2,1-3H3. The molecule has 0 aliphatic heterocycles. The van der Waals surface area contributed by atoms with Gasteiger partial charge in [0.05, 0.1) is 18.1 Å². The van der Waals surface area contributed by atoms with E-state index in [2.05, 4.69) is 4.98 Å². The number of aliphatic hydroxyl groups is 1. The average Bonchev–Trinajstić information content (AvgIpc) is 2.93. The van der Waals surface area contributed by atoms with Crippen LogP contribution in [-0.2, 0) is 0 Å². The van der Waals surface area contributed by atoms with Crippen molar-refractivity contribution >= 4 is 5.91 Å². The number of benzene rings is 1. The smallest absolute Gasteiger partial charge is 0.272 e. The van der Waals surface area contributed by atoms with E-state index in [-0.39, 0.29) is 12.5 Å². The number of nitrogens with zero attached hydrogens (tertiary/aromatic N) is 3. The number of carbonyl (C=O) groups is 1. The summed E-state index contributed by atoms with van der Waals surface area (Å²) in [6.07, 6.45) is 3.18. The molecule has 0 unspecified atom stereocenters. The molecule has 0 saturated carbocycles. The van der Waals surface area contributed by atoms with Gasteiger partial charge in [0.15, 0.2) is 0 Å². The van der Waals surface area contributed by atoms with Gasteiger partial charge in [-0.15, -0.1) is 0 Å². The third-order valence-electron chi connectivity index (χ3n) is 3.14. The molecule has 2 aromatic rings. The van der Waals surface area contributed by atoms with Crippen molar-refractivity contribution in [2.45, 2.75) is 26.4 Å². The molecule has 5 nitrogen and oxygen atoms in total. The lowest BCUT2D eigenvalue weighted by molar-refractivity contribution is 0.0310. The summed E-state index contributed by atoms with van der Waals surface area (Å²) in [6.45, 7) is 6.09. The maximum atomic E-state index is 12.7. The minimum absolute atomic E-state index is 0.138. The fraction of sp³-hybridized carbons (Fsp3) is 0.375. The van der Waals surface area contributed by atoms with E-state index >= 15 is 0 Å². The Labute approximate surface area is 124 Å². The Morgan fingerprint density at radius 2 is 2.00 bits per heavy atom. The zero-order valence-corrected chi connectivity index (χ0v) is 12.7. The van der Waals surface area contributed by atoms with Crippen LogP contribution in [0.25, 0.3) is 5.69 Å². The van der Waals surface area contributed by atoms with Crippen molar-refractivity contribution in [1.29, 1.82) is 0 Å².